The highest BCUT2D eigenvalue weighted by atomic mass is 16.5. The molecule has 1 aliphatic heterocycles. The molecule has 0 spiro atoms. The molecule has 1 N–H and O–H groups in total. The first-order valence-corrected chi connectivity index (χ1v) is 8.78. The second kappa shape index (κ2) is 7.70. The van der Waals surface area contributed by atoms with Crippen LogP contribution in [0.15, 0.2) is 36.7 Å². The minimum Gasteiger partial charge on any atom is -0.493 e. The van der Waals surface area contributed by atoms with E-state index in [1.165, 1.54) is 0 Å². The smallest absolute Gasteiger partial charge is 0.257 e. The summed E-state index contributed by atoms with van der Waals surface area (Å²) in [5, 5.41) is 10.7. The van der Waals surface area contributed by atoms with Gasteiger partial charge in [0.25, 0.3) is 5.91 Å². The molecule has 1 saturated heterocycles. The molecule has 0 bridgehead atoms. The van der Waals surface area contributed by atoms with Gasteiger partial charge in [-0.2, -0.15) is 0 Å². The highest BCUT2D eigenvalue weighted by Gasteiger charge is 2.32. The average molecular weight is 343 g/mol. The molecule has 2 atom stereocenters. The molecule has 134 valence electrons. The molecule has 25 heavy (non-hydrogen) atoms. The van der Waals surface area contributed by atoms with E-state index in [1.807, 2.05) is 47.8 Å². The maximum Gasteiger partial charge on any atom is 0.257 e. The Balaban J connectivity index is 1.75. The maximum atomic E-state index is 13.0. The van der Waals surface area contributed by atoms with Crippen LogP contribution in [0.5, 0.6) is 5.75 Å². The number of ether oxygens (including phenoxy) is 1. The normalized spacial score (nSPS) is 18.8. The van der Waals surface area contributed by atoms with Crippen LogP contribution in [0.2, 0.25) is 0 Å². The van der Waals surface area contributed by atoms with Crippen LogP contribution in [-0.4, -0.2) is 45.2 Å². The Labute approximate surface area is 148 Å². The van der Waals surface area contributed by atoms with E-state index in [0.717, 1.165) is 12.8 Å². The SMILES string of the molecule is CCOc1ccccc1C(=O)N1CCCC(C(O)c2nccn2C)C1. The van der Waals surface area contributed by atoms with Gasteiger partial charge in [0.2, 0.25) is 0 Å². The average Bonchev–Trinajstić information content (AvgIpc) is 3.07. The van der Waals surface area contributed by atoms with E-state index < -0.39 is 6.10 Å². The van der Waals surface area contributed by atoms with E-state index in [4.69, 9.17) is 4.74 Å². The molecular formula is C19H25N3O3. The molecule has 0 saturated carbocycles. The Morgan fingerprint density at radius 3 is 2.96 bits per heavy atom. The van der Waals surface area contributed by atoms with E-state index in [2.05, 4.69) is 4.98 Å². The molecule has 6 nitrogen and oxygen atoms in total. The van der Waals surface area contributed by atoms with Gasteiger partial charge in [-0.25, -0.2) is 4.98 Å². The third-order valence-electron chi connectivity index (χ3n) is 4.73. The highest BCUT2D eigenvalue weighted by molar-refractivity contribution is 5.97. The Hall–Kier alpha value is -2.34. The summed E-state index contributed by atoms with van der Waals surface area (Å²) in [5.74, 6) is 1.20. The number of aliphatic hydroxyl groups is 1. The Bertz CT molecular complexity index is 728. The van der Waals surface area contributed by atoms with E-state index >= 15 is 0 Å². The first kappa shape index (κ1) is 17.5. The van der Waals surface area contributed by atoms with Crippen molar-refractivity contribution in [1.29, 1.82) is 0 Å². The summed E-state index contributed by atoms with van der Waals surface area (Å²) in [7, 11) is 1.87. The van der Waals surface area contributed by atoms with Crippen LogP contribution < -0.4 is 4.74 Å². The minimum atomic E-state index is -0.669. The van der Waals surface area contributed by atoms with E-state index in [1.54, 1.807) is 12.3 Å². The van der Waals surface area contributed by atoms with Crippen LogP contribution in [0, 0.1) is 5.92 Å². The summed E-state index contributed by atoms with van der Waals surface area (Å²) in [5.41, 5.74) is 0.580. The van der Waals surface area contributed by atoms with Crippen molar-refractivity contribution in [1.82, 2.24) is 14.5 Å². The van der Waals surface area contributed by atoms with Crippen molar-refractivity contribution >= 4 is 5.91 Å². The van der Waals surface area contributed by atoms with Gasteiger partial charge in [-0.15, -0.1) is 0 Å². The van der Waals surface area contributed by atoms with Gasteiger partial charge in [0.15, 0.2) is 0 Å². The molecule has 3 rings (SSSR count). The first-order valence-electron chi connectivity index (χ1n) is 8.78. The number of benzene rings is 1. The number of rotatable bonds is 5. The van der Waals surface area contributed by atoms with Crippen LogP contribution in [0.4, 0.5) is 0 Å². The number of likely N-dealkylation sites (tertiary alicyclic amines) is 1. The number of aliphatic hydroxyl groups excluding tert-OH is 1. The summed E-state index contributed by atoms with van der Waals surface area (Å²) in [6, 6.07) is 7.33. The zero-order chi connectivity index (χ0) is 17.8. The molecule has 1 aliphatic rings. The Kier molecular flexibility index (Phi) is 5.38. The van der Waals surface area contributed by atoms with Crippen molar-refractivity contribution in [2.24, 2.45) is 13.0 Å². The summed E-state index contributed by atoms with van der Waals surface area (Å²) < 4.78 is 7.42. The third-order valence-corrected chi connectivity index (χ3v) is 4.73. The van der Waals surface area contributed by atoms with Crippen molar-refractivity contribution in [3.8, 4) is 5.75 Å². The number of carbonyl (C=O) groups is 1. The van der Waals surface area contributed by atoms with Crippen LogP contribution in [0.1, 0.15) is 42.1 Å². The van der Waals surface area contributed by atoms with Crippen LogP contribution in [-0.2, 0) is 7.05 Å². The van der Waals surface area contributed by atoms with Crippen molar-refractivity contribution in [2.45, 2.75) is 25.9 Å². The molecule has 1 aromatic carbocycles. The van der Waals surface area contributed by atoms with Crippen LogP contribution >= 0.6 is 0 Å². The van der Waals surface area contributed by atoms with Crippen molar-refractivity contribution < 1.29 is 14.6 Å². The molecule has 0 radical (unpaired) electrons. The fourth-order valence-corrected chi connectivity index (χ4v) is 3.42. The Morgan fingerprint density at radius 1 is 1.44 bits per heavy atom. The highest BCUT2D eigenvalue weighted by Crippen LogP contribution is 2.30. The van der Waals surface area contributed by atoms with Gasteiger partial charge >= 0.3 is 0 Å². The number of hydrogen-bond acceptors (Lipinski definition) is 4. The van der Waals surface area contributed by atoms with Gasteiger partial charge in [-0.3, -0.25) is 4.79 Å². The van der Waals surface area contributed by atoms with Gasteiger partial charge in [0.1, 0.15) is 17.7 Å². The van der Waals surface area contributed by atoms with Gasteiger partial charge < -0.3 is 19.3 Å². The number of amides is 1. The number of hydrogen-bond donors (Lipinski definition) is 1. The quantitative estimate of drug-likeness (QED) is 0.905. The molecule has 1 fully saturated rings. The minimum absolute atomic E-state index is 0.0157. The monoisotopic (exact) mass is 343 g/mol. The molecule has 2 aromatic rings. The van der Waals surface area contributed by atoms with Gasteiger partial charge in [-0.1, -0.05) is 12.1 Å². The zero-order valence-corrected chi connectivity index (χ0v) is 14.8. The summed E-state index contributed by atoms with van der Waals surface area (Å²) in [4.78, 5) is 19.0. The Morgan fingerprint density at radius 2 is 2.24 bits per heavy atom. The zero-order valence-electron chi connectivity index (χ0n) is 14.8. The second-order valence-corrected chi connectivity index (χ2v) is 6.42. The lowest BCUT2D eigenvalue weighted by molar-refractivity contribution is 0.0356. The summed E-state index contributed by atoms with van der Waals surface area (Å²) in [6.45, 7) is 3.64. The molecule has 2 unspecified atom stereocenters. The lowest BCUT2D eigenvalue weighted by Crippen LogP contribution is -2.42. The van der Waals surface area contributed by atoms with Crippen LogP contribution in [0.3, 0.4) is 0 Å². The van der Waals surface area contributed by atoms with Crippen molar-refractivity contribution in [3.05, 3.63) is 48.0 Å². The third kappa shape index (κ3) is 3.69. The predicted molar refractivity (Wildman–Crippen MR) is 94.4 cm³/mol. The van der Waals surface area contributed by atoms with Gasteiger partial charge in [-0.05, 0) is 31.9 Å². The van der Waals surface area contributed by atoms with Crippen molar-refractivity contribution in [2.75, 3.05) is 19.7 Å². The number of imidazole rings is 1. The summed E-state index contributed by atoms with van der Waals surface area (Å²) in [6.07, 6.45) is 4.59. The lowest BCUT2D eigenvalue weighted by Gasteiger charge is -2.35. The van der Waals surface area contributed by atoms with Crippen molar-refractivity contribution in [3.63, 3.8) is 0 Å². The van der Waals surface area contributed by atoms with E-state index in [9.17, 15) is 9.90 Å². The molecule has 2 heterocycles. The predicted octanol–water partition coefficient (Wildman–Crippen LogP) is 2.40. The number of carbonyl (C=O) groups excluding carboxylic acids is 1. The number of piperidine rings is 1. The van der Waals surface area contributed by atoms with E-state index in [0.29, 0.717) is 36.8 Å². The van der Waals surface area contributed by atoms with Gasteiger partial charge in [0, 0.05) is 38.4 Å². The maximum absolute atomic E-state index is 13.0. The number of para-hydroxylation sites is 1. The topological polar surface area (TPSA) is 67.6 Å². The standard InChI is InChI=1S/C19H25N3O3/c1-3-25-16-9-5-4-8-15(16)19(24)22-11-6-7-14(13-22)17(23)18-20-10-12-21(18)2/h4-5,8-10,12,14,17,23H,3,6-7,11,13H2,1-2H3. The fourth-order valence-electron chi connectivity index (χ4n) is 3.42. The van der Waals surface area contributed by atoms with E-state index in [-0.39, 0.29) is 11.8 Å². The van der Waals surface area contributed by atoms with Gasteiger partial charge in [0.05, 0.1) is 12.2 Å². The molecule has 6 heteroatoms. The first-order chi connectivity index (χ1) is 12.1. The molecular weight excluding hydrogens is 318 g/mol. The number of aryl methyl sites for hydroxylation is 1. The number of nitrogens with zero attached hydrogens (tertiary/aromatic N) is 3. The second-order valence-electron chi connectivity index (χ2n) is 6.42. The summed E-state index contributed by atoms with van der Waals surface area (Å²) >= 11 is 0. The van der Waals surface area contributed by atoms with Crippen LogP contribution in [0.25, 0.3) is 0 Å². The number of aromatic nitrogens is 2. The largest absolute Gasteiger partial charge is 0.493 e. The lowest BCUT2D eigenvalue weighted by atomic mass is 9.91. The molecule has 1 amide bonds. The molecule has 1 aromatic heterocycles. The molecule has 0 aliphatic carbocycles. The fraction of sp³-hybridized carbons (Fsp3) is 0.474.